The first-order valence-electron chi connectivity index (χ1n) is 4.50. The van der Waals surface area contributed by atoms with Crippen molar-refractivity contribution < 1.29 is 14.7 Å². The normalized spacial score (nSPS) is 14.5. The Morgan fingerprint density at radius 1 is 1.43 bits per heavy atom. The number of carbonyl (C=O) groups is 2. The number of amides is 1. The van der Waals surface area contributed by atoms with Crippen molar-refractivity contribution >= 4 is 23.6 Å². The van der Waals surface area contributed by atoms with Gasteiger partial charge in [-0.1, -0.05) is 0 Å². The molecule has 0 fully saturated rings. The third-order valence-electron chi connectivity index (χ3n) is 2.06. The van der Waals surface area contributed by atoms with E-state index in [1.165, 1.54) is 0 Å². The van der Waals surface area contributed by atoms with Gasteiger partial charge >= 0.3 is 5.97 Å². The van der Waals surface area contributed by atoms with Crippen molar-refractivity contribution in [1.29, 1.82) is 0 Å². The van der Waals surface area contributed by atoms with Crippen molar-refractivity contribution in [3.05, 3.63) is 0 Å². The lowest BCUT2D eigenvalue weighted by atomic mass is 10.0. The fourth-order valence-corrected chi connectivity index (χ4v) is 1.25. The Balaban J connectivity index is 3.86. The molecule has 0 spiro atoms. The van der Waals surface area contributed by atoms with Crippen LogP contribution in [0.25, 0.3) is 0 Å². The predicted molar refractivity (Wildman–Crippen MR) is 57.4 cm³/mol. The summed E-state index contributed by atoms with van der Waals surface area (Å²) in [5.41, 5.74) is 0. The van der Waals surface area contributed by atoms with E-state index in [0.29, 0.717) is 6.42 Å². The highest BCUT2D eigenvalue weighted by atomic mass is 32.2. The lowest BCUT2D eigenvalue weighted by Crippen LogP contribution is -2.40. The van der Waals surface area contributed by atoms with Crippen LogP contribution in [0.4, 0.5) is 0 Å². The van der Waals surface area contributed by atoms with E-state index in [-0.39, 0.29) is 11.9 Å². The molecule has 0 aliphatic heterocycles. The van der Waals surface area contributed by atoms with Gasteiger partial charge in [-0.3, -0.25) is 9.59 Å². The quantitative estimate of drug-likeness (QED) is 0.698. The van der Waals surface area contributed by atoms with Gasteiger partial charge < -0.3 is 10.4 Å². The number of nitrogens with one attached hydrogen (secondary N) is 1. The molecule has 4 nitrogen and oxygen atoms in total. The maximum atomic E-state index is 11.2. The van der Waals surface area contributed by atoms with Crippen molar-refractivity contribution in [2.45, 2.75) is 26.3 Å². The monoisotopic (exact) mass is 219 g/mol. The molecule has 0 aromatic rings. The molecule has 0 aromatic heterocycles. The highest BCUT2D eigenvalue weighted by Gasteiger charge is 2.20. The number of hydrogen-bond donors (Lipinski definition) is 2. The Morgan fingerprint density at radius 3 is 2.43 bits per heavy atom. The van der Waals surface area contributed by atoms with Crippen molar-refractivity contribution in [1.82, 2.24) is 5.32 Å². The maximum absolute atomic E-state index is 11.2. The van der Waals surface area contributed by atoms with Gasteiger partial charge in [0, 0.05) is 18.2 Å². The zero-order valence-corrected chi connectivity index (χ0v) is 9.56. The first-order valence-corrected chi connectivity index (χ1v) is 5.89. The van der Waals surface area contributed by atoms with E-state index in [1.54, 1.807) is 25.6 Å². The fraction of sp³-hybridized carbons (Fsp3) is 0.778. The summed E-state index contributed by atoms with van der Waals surface area (Å²) in [4.78, 5) is 21.8. The minimum absolute atomic E-state index is 0.0834. The zero-order chi connectivity index (χ0) is 11.1. The lowest BCUT2D eigenvalue weighted by Gasteiger charge is -2.17. The number of hydrogen-bond acceptors (Lipinski definition) is 3. The lowest BCUT2D eigenvalue weighted by molar-refractivity contribution is -0.142. The van der Waals surface area contributed by atoms with Gasteiger partial charge in [0.05, 0.1) is 5.92 Å². The Morgan fingerprint density at radius 2 is 2.00 bits per heavy atom. The average molecular weight is 219 g/mol. The SMILES string of the molecule is CSCCC(=O)NC(C)C(C)C(=O)O. The highest BCUT2D eigenvalue weighted by molar-refractivity contribution is 7.98. The molecule has 82 valence electrons. The number of thioether (sulfide) groups is 1. The standard InChI is InChI=1S/C9H17NO3S/c1-6(9(12)13)7(2)10-8(11)4-5-14-3/h6-7H,4-5H2,1-3H3,(H,10,11)(H,12,13). The van der Waals surface area contributed by atoms with E-state index in [0.717, 1.165) is 5.75 Å². The summed E-state index contributed by atoms with van der Waals surface area (Å²) >= 11 is 1.59. The van der Waals surface area contributed by atoms with Crippen LogP contribution < -0.4 is 5.32 Å². The van der Waals surface area contributed by atoms with Crippen LogP contribution in [0.3, 0.4) is 0 Å². The molecule has 0 aliphatic rings. The smallest absolute Gasteiger partial charge is 0.308 e. The van der Waals surface area contributed by atoms with Crippen LogP contribution in [0.2, 0.25) is 0 Å². The molecule has 0 saturated carbocycles. The van der Waals surface area contributed by atoms with Crippen molar-refractivity contribution in [3.63, 3.8) is 0 Å². The molecule has 0 saturated heterocycles. The van der Waals surface area contributed by atoms with E-state index in [1.807, 2.05) is 6.26 Å². The molecule has 0 radical (unpaired) electrons. The minimum Gasteiger partial charge on any atom is -0.481 e. The minimum atomic E-state index is -0.886. The largest absolute Gasteiger partial charge is 0.481 e. The van der Waals surface area contributed by atoms with Crippen LogP contribution in [0.5, 0.6) is 0 Å². The number of carboxylic acid groups (broad SMARTS) is 1. The second-order valence-electron chi connectivity index (χ2n) is 3.23. The molecule has 0 bridgehead atoms. The highest BCUT2D eigenvalue weighted by Crippen LogP contribution is 2.03. The van der Waals surface area contributed by atoms with Crippen LogP contribution >= 0.6 is 11.8 Å². The van der Waals surface area contributed by atoms with Crippen LogP contribution in [-0.4, -0.2) is 35.0 Å². The first-order chi connectivity index (χ1) is 6.49. The maximum Gasteiger partial charge on any atom is 0.308 e. The predicted octanol–water partition coefficient (Wildman–Crippen LogP) is 0.965. The number of carboxylic acids is 1. The van der Waals surface area contributed by atoms with Gasteiger partial charge in [-0.2, -0.15) is 11.8 Å². The van der Waals surface area contributed by atoms with Gasteiger partial charge in [-0.15, -0.1) is 0 Å². The van der Waals surface area contributed by atoms with Crippen LogP contribution in [0, 0.1) is 5.92 Å². The fourth-order valence-electron chi connectivity index (χ4n) is 0.860. The molecule has 1 amide bonds. The van der Waals surface area contributed by atoms with E-state index in [9.17, 15) is 9.59 Å². The summed E-state index contributed by atoms with van der Waals surface area (Å²) in [5, 5.41) is 11.3. The van der Waals surface area contributed by atoms with Crippen molar-refractivity contribution in [2.75, 3.05) is 12.0 Å². The van der Waals surface area contributed by atoms with Gasteiger partial charge in [0.2, 0.25) is 5.91 Å². The molecule has 0 aromatic carbocycles. The summed E-state index contributed by atoms with van der Waals surface area (Å²) < 4.78 is 0. The number of carbonyl (C=O) groups excluding carboxylic acids is 1. The molecule has 2 atom stereocenters. The van der Waals surface area contributed by atoms with Crippen molar-refractivity contribution in [2.24, 2.45) is 5.92 Å². The van der Waals surface area contributed by atoms with Crippen LogP contribution in [0.15, 0.2) is 0 Å². The number of aliphatic carboxylic acids is 1. The van der Waals surface area contributed by atoms with Gasteiger partial charge in [0.1, 0.15) is 0 Å². The molecule has 0 aliphatic carbocycles. The molecule has 5 heteroatoms. The van der Waals surface area contributed by atoms with Gasteiger partial charge in [-0.05, 0) is 20.1 Å². The molecule has 2 N–H and O–H groups in total. The summed E-state index contributed by atoms with van der Waals surface area (Å²) in [6.45, 7) is 3.29. The summed E-state index contributed by atoms with van der Waals surface area (Å²) in [6, 6.07) is -0.318. The summed E-state index contributed by atoms with van der Waals surface area (Å²) in [5.74, 6) is -0.754. The third-order valence-corrected chi connectivity index (χ3v) is 2.67. The van der Waals surface area contributed by atoms with E-state index in [4.69, 9.17) is 5.11 Å². The van der Waals surface area contributed by atoms with Crippen LogP contribution in [0.1, 0.15) is 20.3 Å². The Labute approximate surface area is 88.4 Å². The molecule has 14 heavy (non-hydrogen) atoms. The Kier molecular flexibility index (Phi) is 6.36. The van der Waals surface area contributed by atoms with Crippen LogP contribution in [-0.2, 0) is 9.59 Å². The van der Waals surface area contributed by atoms with Gasteiger partial charge in [0.15, 0.2) is 0 Å². The second-order valence-corrected chi connectivity index (χ2v) is 4.21. The Hall–Kier alpha value is -0.710. The number of rotatable bonds is 6. The molecular formula is C9H17NO3S. The van der Waals surface area contributed by atoms with E-state index >= 15 is 0 Å². The Bertz CT molecular complexity index is 208. The zero-order valence-electron chi connectivity index (χ0n) is 8.74. The van der Waals surface area contributed by atoms with Gasteiger partial charge in [0.25, 0.3) is 0 Å². The molecule has 2 unspecified atom stereocenters. The topological polar surface area (TPSA) is 66.4 Å². The summed E-state index contributed by atoms with van der Waals surface area (Å²) in [6.07, 6.45) is 2.37. The van der Waals surface area contributed by atoms with E-state index in [2.05, 4.69) is 5.32 Å². The van der Waals surface area contributed by atoms with Gasteiger partial charge in [-0.25, -0.2) is 0 Å². The third kappa shape index (κ3) is 5.11. The van der Waals surface area contributed by atoms with Crippen molar-refractivity contribution in [3.8, 4) is 0 Å². The van der Waals surface area contributed by atoms with E-state index < -0.39 is 11.9 Å². The first kappa shape index (κ1) is 13.3. The second kappa shape index (κ2) is 6.70. The summed E-state index contributed by atoms with van der Waals surface area (Å²) in [7, 11) is 0. The molecular weight excluding hydrogens is 202 g/mol. The average Bonchev–Trinajstić information content (AvgIpc) is 2.13. The molecule has 0 rings (SSSR count). The molecule has 0 heterocycles.